The molecule has 0 saturated carbocycles. The maximum atomic E-state index is 13.4. The fourth-order valence-corrected chi connectivity index (χ4v) is 1.68. The minimum Gasteiger partial charge on any atom is -0.326 e. The summed E-state index contributed by atoms with van der Waals surface area (Å²) < 4.78 is 28.3. The van der Waals surface area contributed by atoms with Crippen LogP contribution in [-0.4, -0.2) is 15.7 Å². The Hall–Kier alpha value is -2.28. The molecular weight excluding hydrogens is 254 g/mol. The second-order valence-corrected chi connectivity index (χ2v) is 3.93. The van der Waals surface area contributed by atoms with Gasteiger partial charge in [-0.15, -0.1) is 0 Å². The molecule has 1 aromatic heterocycles. The summed E-state index contributed by atoms with van der Waals surface area (Å²) in [6.45, 7) is 0.156. The average molecular weight is 266 g/mol. The highest BCUT2D eigenvalue weighted by Gasteiger charge is 2.19. The highest BCUT2D eigenvalue weighted by atomic mass is 19.1. The van der Waals surface area contributed by atoms with Gasteiger partial charge in [0.15, 0.2) is 5.82 Å². The van der Waals surface area contributed by atoms with Crippen LogP contribution in [-0.2, 0) is 13.6 Å². The first kappa shape index (κ1) is 13.2. The Labute approximate surface area is 108 Å². The van der Waals surface area contributed by atoms with Crippen molar-refractivity contribution < 1.29 is 13.6 Å². The van der Waals surface area contributed by atoms with Crippen LogP contribution in [0.1, 0.15) is 15.9 Å². The quantitative estimate of drug-likeness (QED) is 0.882. The van der Waals surface area contributed by atoms with Crippen molar-refractivity contribution in [3.8, 4) is 0 Å². The van der Waals surface area contributed by atoms with Crippen molar-refractivity contribution >= 4 is 11.7 Å². The first-order chi connectivity index (χ1) is 9.02. The molecule has 7 heteroatoms. The molecule has 0 saturated heterocycles. The molecule has 0 spiro atoms. The smallest absolute Gasteiger partial charge is 0.262 e. The molecule has 5 nitrogen and oxygen atoms in total. The molecule has 0 aliphatic carbocycles. The van der Waals surface area contributed by atoms with Gasteiger partial charge in [-0.05, 0) is 12.1 Å². The van der Waals surface area contributed by atoms with Crippen molar-refractivity contribution in [2.75, 3.05) is 5.32 Å². The number of nitrogens with zero attached hydrogens (tertiary/aromatic N) is 2. The van der Waals surface area contributed by atoms with Crippen molar-refractivity contribution in [1.82, 2.24) is 9.78 Å². The van der Waals surface area contributed by atoms with Gasteiger partial charge in [0.05, 0.1) is 0 Å². The van der Waals surface area contributed by atoms with Crippen LogP contribution in [0.15, 0.2) is 24.4 Å². The third kappa shape index (κ3) is 2.60. The largest absolute Gasteiger partial charge is 0.326 e. The molecule has 0 aliphatic rings. The number of nitrogens with two attached hydrogens (primary N) is 1. The Bertz CT molecular complexity index is 604. The van der Waals surface area contributed by atoms with E-state index in [4.69, 9.17) is 5.73 Å². The van der Waals surface area contributed by atoms with Gasteiger partial charge in [0.25, 0.3) is 5.91 Å². The topological polar surface area (TPSA) is 72.9 Å². The van der Waals surface area contributed by atoms with Gasteiger partial charge in [-0.3, -0.25) is 9.48 Å². The number of hydrogen-bond donors (Lipinski definition) is 2. The second-order valence-electron chi connectivity index (χ2n) is 3.93. The van der Waals surface area contributed by atoms with Crippen molar-refractivity contribution in [1.29, 1.82) is 0 Å². The zero-order chi connectivity index (χ0) is 14.0. The predicted molar refractivity (Wildman–Crippen MR) is 65.4 cm³/mol. The number of carbonyl (C=O) groups is 1. The summed E-state index contributed by atoms with van der Waals surface area (Å²) in [4.78, 5) is 11.9. The van der Waals surface area contributed by atoms with Gasteiger partial charge in [0.2, 0.25) is 0 Å². The van der Waals surface area contributed by atoms with Crippen LogP contribution in [0.5, 0.6) is 0 Å². The van der Waals surface area contributed by atoms with Gasteiger partial charge in [-0.1, -0.05) is 6.07 Å². The number of anilines is 1. The maximum absolute atomic E-state index is 13.4. The van der Waals surface area contributed by atoms with Crippen LogP contribution in [0.4, 0.5) is 14.6 Å². The van der Waals surface area contributed by atoms with Crippen LogP contribution < -0.4 is 11.1 Å². The van der Waals surface area contributed by atoms with Crippen molar-refractivity contribution in [3.05, 3.63) is 47.2 Å². The van der Waals surface area contributed by atoms with Crippen molar-refractivity contribution in [2.24, 2.45) is 12.8 Å². The van der Waals surface area contributed by atoms with E-state index < -0.39 is 23.1 Å². The number of benzene rings is 1. The molecule has 19 heavy (non-hydrogen) atoms. The Kier molecular flexibility index (Phi) is 3.57. The molecule has 0 fully saturated rings. The lowest BCUT2D eigenvalue weighted by Gasteiger charge is -2.05. The Morgan fingerprint density at radius 2 is 2.05 bits per heavy atom. The molecule has 1 heterocycles. The molecule has 2 rings (SSSR count). The molecular formula is C12H12F2N4O. The maximum Gasteiger partial charge on any atom is 0.262 e. The molecule has 1 amide bonds. The van der Waals surface area contributed by atoms with Crippen LogP contribution in [0.3, 0.4) is 0 Å². The van der Waals surface area contributed by atoms with E-state index in [1.54, 1.807) is 13.2 Å². The number of aromatic nitrogens is 2. The van der Waals surface area contributed by atoms with Gasteiger partial charge in [0.1, 0.15) is 17.2 Å². The van der Waals surface area contributed by atoms with E-state index in [0.717, 1.165) is 12.1 Å². The minimum absolute atomic E-state index is 0.156. The Morgan fingerprint density at radius 3 is 2.63 bits per heavy atom. The lowest BCUT2D eigenvalue weighted by atomic mass is 10.2. The van der Waals surface area contributed by atoms with Crippen molar-refractivity contribution in [3.63, 3.8) is 0 Å². The first-order valence-electron chi connectivity index (χ1n) is 5.51. The van der Waals surface area contributed by atoms with Gasteiger partial charge >= 0.3 is 0 Å². The van der Waals surface area contributed by atoms with Gasteiger partial charge < -0.3 is 11.1 Å². The molecule has 3 N–H and O–H groups in total. The molecule has 0 bridgehead atoms. The third-order valence-electron chi connectivity index (χ3n) is 2.55. The fraction of sp³-hybridized carbons (Fsp3) is 0.167. The summed E-state index contributed by atoms with van der Waals surface area (Å²) in [5.41, 5.74) is 5.42. The van der Waals surface area contributed by atoms with E-state index in [1.807, 2.05) is 0 Å². The lowest BCUT2D eigenvalue weighted by molar-refractivity contribution is 0.101. The zero-order valence-corrected chi connectivity index (χ0v) is 10.2. The van der Waals surface area contributed by atoms with E-state index >= 15 is 0 Å². The number of carbonyl (C=O) groups excluding carboxylic acids is 1. The van der Waals surface area contributed by atoms with Crippen molar-refractivity contribution in [2.45, 2.75) is 6.54 Å². The Balaban J connectivity index is 2.31. The second kappa shape index (κ2) is 5.15. The molecule has 0 radical (unpaired) electrons. The molecule has 0 atom stereocenters. The van der Waals surface area contributed by atoms with E-state index in [0.29, 0.717) is 5.56 Å². The standard InChI is InChI=1S/C12H12F2N4O/c1-18-6-7(5-15)11(17-18)16-12(19)10-8(13)3-2-4-9(10)14/h2-4,6H,5,15H2,1H3,(H,16,17,19). The minimum atomic E-state index is -0.928. The summed E-state index contributed by atoms with van der Waals surface area (Å²) in [5.74, 6) is -2.56. The summed E-state index contributed by atoms with van der Waals surface area (Å²) in [6.07, 6.45) is 1.62. The van der Waals surface area contributed by atoms with Gasteiger partial charge in [-0.2, -0.15) is 5.10 Å². The molecule has 100 valence electrons. The van der Waals surface area contributed by atoms with E-state index in [-0.39, 0.29) is 12.4 Å². The fourth-order valence-electron chi connectivity index (χ4n) is 1.68. The molecule has 0 aliphatic heterocycles. The number of amides is 1. The number of halogens is 2. The average Bonchev–Trinajstić information content (AvgIpc) is 2.69. The summed E-state index contributed by atoms with van der Waals surface area (Å²) >= 11 is 0. The van der Waals surface area contributed by atoms with Crippen LogP contribution in [0.2, 0.25) is 0 Å². The highest BCUT2D eigenvalue weighted by molar-refractivity contribution is 6.04. The number of aryl methyl sites for hydroxylation is 1. The normalized spacial score (nSPS) is 10.5. The van der Waals surface area contributed by atoms with Crippen LogP contribution in [0, 0.1) is 11.6 Å². The van der Waals surface area contributed by atoms with E-state index in [9.17, 15) is 13.6 Å². The third-order valence-corrected chi connectivity index (χ3v) is 2.55. The molecule has 1 aromatic carbocycles. The predicted octanol–water partition coefficient (Wildman–Crippen LogP) is 1.41. The Morgan fingerprint density at radius 1 is 1.42 bits per heavy atom. The molecule has 0 unspecified atom stereocenters. The van der Waals surface area contributed by atoms with E-state index in [1.165, 1.54) is 10.7 Å². The van der Waals surface area contributed by atoms with Crippen LogP contribution >= 0.6 is 0 Å². The zero-order valence-electron chi connectivity index (χ0n) is 10.2. The lowest BCUT2D eigenvalue weighted by Crippen LogP contribution is -2.17. The summed E-state index contributed by atoms with van der Waals surface area (Å²) in [7, 11) is 1.65. The van der Waals surface area contributed by atoms with E-state index in [2.05, 4.69) is 10.4 Å². The number of nitrogens with one attached hydrogen (secondary N) is 1. The highest BCUT2D eigenvalue weighted by Crippen LogP contribution is 2.16. The first-order valence-corrected chi connectivity index (χ1v) is 5.51. The number of hydrogen-bond acceptors (Lipinski definition) is 3. The summed E-state index contributed by atoms with van der Waals surface area (Å²) in [6, 6.07) is 3.22. The number of rotatable bonds is 3. The van der Waals surface area contributed by atoms with Crippen LogP contribution in [0.25, 0.3) is 0 Å². The molecule has 2 aromatic rings. The summed E-state index contributed by atoms with van der Waals surface area (Å²) in [5, 5.41) is 6.32. The van der Waals surface area contributed by atoms with Gasteiger partial charge in [0, 0.05) is 25.4 Å². The SMILES string of the molecule is Cn1cc(CN)c(NC(=O)c2c(F)cccc2F)n1. The monoisotopic (exact) mass is 266 g/mol. The van der Waals surface area contributed by atoms with Gasteiger partial charge in [-0.25, -0.2) is 8.78 Å².